The van der Waals surface area contributed by atoms with E-state index in [0.717, 1.165) is 16.7 Å². The van der Waals surface area contributed by atoms with Gasteiger partial charge in [-0.05, 0) is 39.7 Å². The lowest BCUT2D eigenvalue weighted by atomic mass is 10.1. The molecule has 1 atom stereocenters. The Labute approximate surface area is 150 Å². The van der Waals surface area contributed by atoms with E-state index < -0.39 is 35.0 Å². The van der Waals surface area contributed by atoms with Gasteiger partial charge < -0.3 is 15.2 Å². The van der Waals surface area contributed by atoms with Gasteiger partial charge in [-0.3, -0.25) is 14.4 Å². The van der Waals surface area contributed by atoms with Crippen molar-refractivity contribution in [2.24, 2.45) is 0 Å². The zero-order valence-corrected chi connectivity index (χ0v) is 14.6. The van der Waals surface area contributed by atoms with Crippen LogP contribution in [0.4, 0.5) is 8.78 Å². The monoisotopic (exact) mass is 413 g/mol. The number of likely N-dealkylation sites (N-methyl/N-ethyl adjacent to an activating group) is 1. The van der Waals surface area contributed by atoms with E-state index in [1.165, 1.54) is 31.4 Å². The minimum absolute atomic E-state index is 0.0770. The molecule has 2 N–H and O–H groups in total. The van der Waals surface area contributed by atoms with Gasteiger partial charge in [-0.25, -0.2) is 8.78 Å². The number of rotatable bonds is 5. The summed E-state index contributed by atoms with van der Waals surface area (Å²) in [6.45, 7) is -0.338. The fraction of sp³-hybridized carbons (Fsp3) is 0.188. The molecule has 9 heteroatoms. The number of carbonyl (C=O) groups excluding carboxylic acids is 2. The molecule has 1 aromatic carbocycles. The number of benzene rings is 1. The Morgan fingerprint density at radius 3 is 2.56 bits per heavy atom. The molecule has 25 heavy (non-hydrogen) atoms. The van der Waals surface area contributed by atoms with Crippen molar-refractivity contribution in [1.29, 1.82) is 0 Å². The van der Waals surface area contributed by atoms with Crippen LogP contribution in [0.5, 0.6) is 0 Å². The summed E-state index contributed by atoms with van der Waals surface area (Å²) in [5.74, 6) is -3.45. The Morgan fingerprint density at radius 2 is 1.92 bits per heavy atom. The van der Waals surface area contributed by atoms with Crippen LogP contribution in [0.2, 0.25) is 0 Å². The zero-order chi connectivity index (χ0) is 18.6. The number of nitrogens with zero attached hydrogens (tertiary/aromatic N) is 1. The zero-order valence-electron chi connectivity index (χ0n) is 13.1. The number of nitrogens with one attached hydrogen (secondary N) is 2. The van der Waals surface area contributed by atoms with Crippen LogP contribution in [0.25, 0.3) is 0 Å². The maximum Gasteiger partial charge on any atom is 0.251 e. The maximum absolute atomic E-state index is 13.4. The fourth-order valence-electron chi connectivity index (χ4n) is 2.12. The Morgan fingerprint density at radius 1 is 1.20 bits per heavy atom. The summed E-state index contributed by atoms with van der Waals surface area (Å²) in [7, 11) is 1.35. The highest BCUT2D eigenvalue weighted by Crippen LogP contribution is 2.17. The van der Waals surface area contributed by atoms with Crippen LogP contribution in [0.3, 0.4) is 0 Å². The van der Waals surface area contributed by atoms with E-state index >= 15 is 0 Å². The molecular formula is C16H14BrF2N3O3. The predicted octanol–water partition coefficient (Wildman–Crippen LogP) is 1.49. The first-order valence-corrected chi connectivity index (χ1v) is 7.93. The molecule has 0 fully saturated rings. The van der Waals surface area contributed by atoms with Crippen molar-refractivity contribution < 1.29 is 18.4 Å². The molecule has 0 radical (unpaired) electrons. The van der Waals surface area contributed by atoms with Crippen LogP contribution in [-0.4, -0.2) is 23.4 Å². The van der Waals surface area contributed by atoms with Crippen molar-refractivity contribution in [1.82, 2.24) is 15.2 Å². The van der Waals surface area contributed by atoms with Crippen LogP contribution in [0.1, 0.15) is 11.6 Å². The summed E-state index contributed by atoms with van der Waals surface area (Å²) < 4.78 is 28.2. The minimum Gasteiger partial charge on any atom is -0.357 e. The van der Waals surface area contributed by atoms with Crippen LogP contribution < -0.4 is 16.2 Å². The van der Waals surface area contributed by atoms with E-state index in [9.17, 15) is 23.2 Å². The average Bonchev–Trinajstić information content (AvgIpc) is 2.58. The molecule has 0 aliphatic rings. The number of pyridine rings is 1. The standard InChI is InChI=1S/C16H14BrF2N3O3/c1-20-16(25)15(9-2-4-11(18)12(19)6-9)21-13(23)8-22-7-10(17)3-5-14(22)24/h2-7,15H,8H2,1H3,(H,20,25)(H,21,23). The summed E-state index contributed by atoms with van der Waals surface area (Å²) in [6, 6.07) is 4.49. The first kappa shape index (κ1) is 18.8. The Kier molecular flexibility index (Phi) is 6.02. The van der Waals surface area contributed by atoms with E-state index in [2.05, 4.69) is 26.6 Å². The summed E-state index contributed by atoms with van der Waals surface area (Å²) >= 11 is 3.19. The van der Waals surface area contributed by atoms with Crippen molar-refractivity contribution in [3.05, 3.63) is 68.6 Å². The van der Waals surface area contributed by atoms with Crippen LogP contribution in [0, 0.1) is 11.6 Å². The molecule has 2 rings (SSSR count). The van der Waals surface area contributed by atoms with Crippen molar-refractivity contribution in [2.45, 2.75) is 12.6 Å². The highest BCUT2D eigenvalue weighted by Gasteiger charge is 2.23. The number of carbonyl (C=O) groups is 2. The second-order valence-electron chi connectivity index (χ2n) is 5.10. The van der Waals surface area contributed by atoms with Crippen molar-refractivity contribution in [3.8, 4) is 0 Å². The number of amides is 2. The van der Waals surface area contributed by atoms with Gasteiger partial charge in [0.2, 0.25) is 11.8 Å². The fourth-order valence-corrected chi connectivity index (χ4v) is 2.50. The van der Waals surface area contributed by atoms with Gasteiger partial charge in [-0.15, -0.1) is 0 Å². The van der Waals surface area contributed by atoms with Gasteiger partial charge in [0.1, 0.15) is 12.6 Å². The maximum atomic E-state index is 13.4. The molecule has 0 aliphatic carbocycles. The van der Waals surface area contributed by atoms with Gasteiger partial charge in [0.15, 0.2) is 11.6 Å². The molecule has 1 aromatic heterocycles. The summed E-state index contributed by atoms with van der Waals surface area (Å²) in [5, 5.41) is 4.75. The summed E-state index contributed by atoms with van der Waals surface area (Å²) in [5.41, 5.74) is -0.323. The van der Waals surface area contributed by atoms with Crippen LogP contribution >= 0.6 is 15.9 Å². The second kappa shape index (κ2) is 8.02. The quantitative estimate of drug-likeness (QED) is 0.779. The third-order valence-electron chi connectivity index (χ3n) is 3.35. The van der Waals surface area contributed by atoms with Crippen molar-refractivity contribution >= 4 is 27.7 Å². The molecule has 0 aliphatic heterocycles. The molecule has 1 unspecified atom stereocenters. The van der Waals surface area contributed by atoms with Gasteiger partial charge in [0, 0.05) is 23.8 Å². The van der Waals surface area contributed by atoms with Gasteiger partial charge >= 0.3 is 0 Å². The Hall–Kier alpha value is -2.55. The van der Waals surface area contributed by atoms with Gasteiger partial charge in [-0.1, -0.05) is 6.07 Å². The van der Waals surface area contributed by atoms with Crippen LogP contribution in [0.15, 0.2) is 45.8 Å². The highest BCUT2D eigenvalue weighted by atomic mass is 79.9. The predicted molar refractivity (Wildman–Crippen MR) is 89.7 cm³/mol. The van der Waals surface area contributed by atoms with Gasteiger partial charge in [0.25, 0.3) is 5.56 Å². The van der Waals surface area contributed by atoms with E-state index in [-0.39, 0.29) is 12.1 Å². The Balaban J connectivity index is 2.23. The van der Waals surface area contributed by atoms with Gasteiger partial charge in [0.05, 0.1) is 0 Å². The van der Waals surface area contributed by atoms with Gasteiger partial charge in [-0.2, -0.15) is 0 Å². The Bertz CT molecular complexity index is 870. The molecule has 0 spiro atoms. The number of aromatic nitrogens is 1. The van der Waals surface area contributed by atoms with Crippen molar-refractivity contribution in [3.63, 3.8) is 0 Å². The molecule has 0 saturated carbocycles. The lowest BCUT2D eigenvalue weighted by Crippen LogP contribution is -2.41. The van der Waals surface area contributed by atoms with E-state index in [0.29, 0.717) is 4.47 Å². The van der Waals surface area contributed by atoms with E-state index in [1.807, 2.05) is 0 Å². The number of halogens is 3. The van der Waals surface area contributed by atoms with E-state index in [1.54, 1.807) is 0 Å². The van der Waals surface area contributed by atoms with Crippen LogP contribution in [-0.2, 0) is 16.1 Å². The van der Waals surface area contributed by atoms with E-state index in [4.69, 9.17) is 0 Å². The first-order valence-electron chi connectivity index (χ1n) is 7.13. The molecule has 1 heterocycles. The first-order chi connectivity index (χ1) is 11.8. The molecule has 2 amide bonds. The second-order valence-corrected chi connectivity index (χ2v) is 6.02. The minimum atomic E-state index is -1.23. The average molecular weight is 414 g/mol. The molecular weight excluding hydrogens is 400 g/mol. The summed E-state index contributed by atoms with van der Waals surface area (Å²) in [6.07, 6.45) is 1.42. The molecule has 0 saturated heterocycles. The number of hydrogen-bond acceptors (Lipinski definition) is 3. The lowest BCUT2D eigenvalue weighted by Gasteiger charge is -2.18. The third kappa shape index (κ3) is 4.72. The topological polar surface area (TPSA) is 80.2 Å². The molecule has 0 bridgehead atoms. The third-order valence-corrected chi connectivity index (χ3v) is 3.82. The smallest absolute Gasteiger partial charge is 0.251 e. The lowest BCUT2D eigenvalue weighted by molar-refractivity contribution is -0.129. The normalized spacial score (nSPS) is 11.7. The molecule has 132 valence electrons. The highest BCUT2D eigenvalue weighted by molar-refractivity contribution is 9.10. The number of hydrogen-bond donors (Lipinski definition) is 2. The summed E-state index contributed by atoms with van der Waals surface area (Å²) in [4.78, 5) is 35.9. The largest absolute Gasteiger partial charge is 0.357 e. The molecule has 6 nitrogen and oxygen atoms in total. The molecule has 2 aromatic rings. The SMILES string of the molecule is CNC(=O)C(NC(=O)Cn1cc(Br)ccc1=O)c1ccc(F)c(F)c1. The van der Waals surface area contributed by atoms with Crippen molar-refractivity contribution in [2.75, 3.05) is 7.05 Å².